The van der Waals surface area contributed by atoms with Crippen molar-refractivity contribution in [2.24, 2.45) is 0 Å². The topological polar surface area (TPSA) is 112 Å². The predicted molar refractivity (Wildman–Crippen MR) is 104 cm³/mol. The van der Waals surface area contributed by atoms with Crippen LogP contribution in [0.3, 0.4) is 0 Å². The van der Waals surface area contributed by atoms with Crippen LogP contribution in [0.2, 0.25) is 0 Å². The van der Waals surface area contributed by atoms with Crippen molar-refractivity contribution in [3.05, 3.63) is 66.0 Å². The van der Waals surface area contributed by atoms with E-state index in [1.165, 1.54) is 19.4 Å². The summed E-state index contributed by atoms with van der Waals surface area (Å²) in [6.07, 6.45) is 1.47. The largest absolute Gasteiger partial charge is 0.465 e. The lowest BCUT2D eigenvalue weighted by molar-refractivity contribution is 0.0600. The van der Waals surface area contributed by atoms with Gasteiger partial charge in [-0.05, 0) is 36.4 Å². The van der Waals surface area contributed by atoms with Crippen LogP contribution in [0.15, 0.2) is 54.7 Å². The third-order valence-electron chi connectivity index (χ3n) is 4.06. The number of methoxy groups -OCH3 is 1. The van der Waals surface area contributed by atoms with Gasteiger partial charge in [-0.3, -0.25) is 4.79 Å². The summed E-state index contributed by atoms with van der Waals surface area (Å²) < 4.78 is 15.3. The Bertz CT molecular complexity index is 1090. The minimum atomic E-state index is -0.452. The van der Waals surface area contributed by atoms with Crippen molar-refractivity contribution >= 4 is 29.2 Å². The molecule has 0 aliphatic carbocycles. The van der Waals surface area contributed by atoms with Crippen LogP contribution in [0.4, 0.5) is 17.3 Å². The summed E-state index contributed by atoms with van der Waals surface area (Å²) in [6, 6.07) is 13.3. The van der Waals surface area contributed by atoms with Gasteiger partial charge in [0.1, 0.15) is 5.69 Å². The number of aromatic nitrogens is 2. The van der Waals surface area contributed by atoms with Crippen LogP contribution < -0.4 is 20.1 Å². The van der Waals surface area contributed by atoms with Crippen LogP contribution in [0.25, 0.3) is 0 Å². The van der Waals surface area contributed by atoms with Gasteiger partial charge >= 0.3 is 5.97 Å². The molecule has 29 heavy (non-hydrogen) atoms. The molecular formula is C20H16N4O5. The van der Waals surface area contributed by atoms with Gasteiger partial charge in [0.15, 0.2) is 11.5 Å². The van der Waals surface area contributed by atoms with Crippen molar-refractivity contribution in [1.82, 2.24) is 9.97 Å². The standard InChI is InChI=1S/C20H16N4O5/c1-27-19(26)12-3-2-4-13(9-12)23-20-21-8-7-15(24-20)18(25)22-14-5-6-16-17(10-14)29-11-28-16/h2-10H,11H2,1H3,(H,22,25)(H,21,23,24). The molecule has 1 aromatic heterocycles. The van der Waals surface area contributed by atoms with E-state index in [2.05, 4.69) is 20.6 Å². The first-order valence-corrected chi connectivity index (χ1v) is 8.62. The van der Waals surface area contributed by atoms with Gasteiger partial charge in [-0.1, -0.05) is 6.07 Å². The molecule has 0 radical (unpaired) electrons. The number of hydrogen-bond acceptors (Lipinski definition) is 8. The Kier molecular flexibility index (Phi) is 4.93. The second-order valence-electron chi connectivity index (χ2n) is 5.99. The van der Waals surface area contributed by atoms with Crippen molar-refractivity contribution in [3.63, 3.8) is 0 Å². The Balaban J connectivity index is 1.48. The Morgan fingerprint density at radius 3 is 2.76 bits per heavy atom. The number of benzene rings is 2. The fourth-order valence-corrected chi connectivity index (χ4v) is 2.69. The number of anilines is 3. The fraction of sp³-hybridized carbons (Fsp3) is 0.100. The van der Waals surface area contributed by atoms with Gasteiger partial charge in [-0.25, -0.2) is 14.8 Å². The van der Waals surface area contributed by atoms with E-state index in [0.29, 0.717) is 28.4 Å². The van der Waals surface area contributed by atoms with Gasteiger partial charge in [0.05, 0.1) is 12.7 Å². The number of rotatable bonds is 5. The quantitative estimate of drug-likeness (QED) is 0.638. The smallest absolute Gasteiger partial charge is 0.337 e. The second kappa shape index (κ2) is 7.85. The summed E-state index contributed by atoms with van der Waals surface area (Å²) in [6.45, 7) is 0.158. The highest BCUT2D eigenvalue weighted by atomic mass is 16.7. The minimum Gasteiger partial charge on any atom is -0.465 e. The Labute approximate surface area is 165 Å². The number of nitrogens with one attached hydrogen (secondary N) is 2. The number of hydrogen-bond donors (Lipinski definition) is 2. The lowest BCUT2D eigenvalue weighted by atomic mass is 10.2. The monoisotopic (exact) mass is 392 g/mol. The molecule has 2 N–H and O–H groups in total. The lowest BCUT2D eigenvalue weighted by Gasteiger charge is -2.09. The van der Waals surface area contributed by atoms with Gasteiger partial charge in [-0.15, -0.1) is 0 Å². The van der Waals surface area contributed by atoms with Crippen molar-refractivity contribution in [2.75, 3.05) is 24.5 Å². The van der Waals surface area contributed by atoms with E-state index >= 15 is 0 Å². The first-order chi connectivity index (χ1) is 14.1. The molecule has 2 heterocycles. The molecule has 9 nitrogen and oxygen atoms in total. The SMILES string of the molecule is COC(=O)c1cccc(Nc2nccc(C(=O)Nc3ccc4c(c3)OCO4)n2)c1. The highest BCUT2D eigenvalue weighted by Crippen LogP contribution is 2.34. The van der Waals surface area contributed by atoms with Gasteiger partial charge in [0.25, 0.3) is 5.91 Å². The Morgan fingerprint density at radius 1 is 1.03 bits per heavy atom. The summed E-state index contributed by atoms with van der Waals surface area (Å²) in [5.74, 6) is 0.554. The molecule has 1 aliphatic heterocycles. The predicted octanol–water partition coefficient (Wildman–Crippen LogP) is 2.99. The maximum atomic E-state index is 12.5. The molecule has 9 heteroatoms. The highest BCUT2D eigenvalue weighted by Gasteiger charge is 2.15. The molecule has 0 fully saturated rings. The summed E-state index contributed by atoms with van der Waals surface area (Å²) in [5.41, 5.74) is 1.69. The van der Waals surface area contributed by atoms with Crippen molar-refractivity contribution in [3.8, 4) is 11.5 Å². The van der Waals surface area contributed by atoms with Crippen molar-refractivity contribution in [1.29, 1.82) is 0 Å². The number of carbonyl (C=O) groups excluding carboxylic acids is 2. The molecule has 2 aromatic carbocycles. The highest BCUT2D eigenvalue weighted by molar-refractivity contribution is 6.03. The summed E-state index contributed by atoms with van der Waals surface area (Å²) in [7, 11) is 1.31. The van der Waals surface area contributed by atoms with Crippen LogP contribution in [-0.2, 0) is 4.74 Å². The van der Waals surface area contributed by atoms with Gasteiger partial charge in [-0.2, -0.15) is 0 Å². The maximum Gasteiger partial charge on any atom is 0.337 e. The average Bonchev–Trinajstić information content (AvgIpc) is 3.21. The molecule has 3 aromatic rings. The van der Waals surface area contributed by atoms with E-state index < -0.39 is 11.9 Å². The van der Waals surface area contributed by atoms with Gasteiger partial charge in [0, 0.05) is 23.6 Å². The molecule has 0 atom stereocenters. The third-order valence-corrected chi connectivity index (χ3v) is 4.06. The zero-order chi connectivity index (χ0) is 20.2. The van der Waals surface area contributed by atoms with E-state index in [4.69, 9.17) is 14.2 Å². The van der Waals surface area contributed by atoms with Crippen molar-refractivity contribution < 1.29 is 23.8 Å². The number of ether oxygens (including phenoxy) is 3. The third kappa shape index (κ3) is 4.08. The Hall–Kier alpha value is -4.14. The van der Waals surface area contributed by atoms with E-state index in [1.54, 1.807) is 42.5 Å². The van der Waals surface area contributed by atoms with E-state index in [9.17, 15) is 9.59 Å². The number of esters is 1. The Morgan fingerprint density at radius 2 is 1.90 bits per heavy atom. The number of amides is 1. The summed E-state index contributed by atoms with van der Waals surface area (Å²) in [5, 5.41) is 5.73. The first kappa shape index (κ1) is 18.2. The number of nitrogens with zero attached hydrogens (tertiary/aromatic N) is 2. The zero-order valence-electron chi connectivity index (χ0n) is 15.3. The van der Waals surface area contributed by atoms with Gasteiger partial charge in [0.2, 0.25) is 12.7 Å². The van der Waals surface area contributed by atoms with E-state index in [-0.39, 0.29) is 18.4 Å². The second-order valence-corrected chi connectivity index (χ2v) is 5.99. The molecule has 0 spiro atoms. The van der Waals surface area contributed by atoms with E-state index in [0.717, 1.165) is 0 Å². The van der Waals surface area contributed by atoms with Crippen molar-refractivity contribution in [2.45, 2.75) is 0 Å². The molecule has 0 unspecified atom stereocenters. The molecule has 4 rings (SSSR count). The molecule has 0 saturated carbocycles. The minimum absolute atomic E-state index is 0.158. The molecule has 1 amide bonds. The molecule has 146 valence electrons. The van der Waals surface area contributed by atoms with Crippen LogP contribution in [0.5, 0.6) is 11.5 Å². The molecule has 0 bridgehead atoms. The summed E-state index contributed by atoms with van der Waals surface area (Å²) >= 11 is 0. The van der Waals surface area contributed by atoms with Crippen LogP contribution in [0.1, 0.15) is 20.8 Å². The first-order valence-electron chi connectivity index (χ1n) is 8.62. The van der Waals surface area contributed by atoms with Crippen LogP contribution in [0, 0.1) is 0 Å². The normalized spacial score (nSPS) is 11.6. The average molecular weight is 392 g/mol. The number of carbonyl (C=O) groups is 2. The fourth-order valence-electron chi connectivity index (χ4n) is 2.69. The molecule has 0 saturated heterocycles. The zero-order valence-corrected chi connectivity index (χ0v) is 15.3. The lowest BCUT2D eigenvalue weighted by Crippen LogP contribution is -2.14. The van der Waals surface area contributed by atoms with Gasteiger partial charge < -0.3 is 24.8 Å². The van der Waals surface area contributed by atoms with E-state index in [1.807, 2.05) is 0 Å². The molecular weight excluding hydrogens is 376 g/mol. The summed E-state index contributed by atoms with van der Waals surface area (Å²) in [4.78, 5) is 32.5. The maximum absolute atomic E-state index is 12.5. The number of fused-ring (bicyclic) bond motifs is 1. The molecule has 1 aliphatic rings. The van der Waals surface area contributed by atoms with Crippen LogP contribution in [-0.4, -0.2) is 35.7 Å². The van der Waals surface area contributed by atoms with Crippen LogP contribution >= 0.6 is 0 Å².